The predicted molar refractivity (Wildman–Crippen MR) is 124 cm³/mol. The number of hydrogen-bond donors (Lipinski definition) is 1. The Labute approximate surface area is 182 Å². The second kappa shape index (κ2) is 9.84. The lowest BCUT2D eigenvalue weighted by Crippen LogP contribution is -2.83. The lowest BCUT2D eigenvalue weighted by atomic mass is 9.66. The number of benzene rings is 2. The van der Waals surface area contributed by atoms with Crippen molar-refractivity contribution in [2.45, 2.75) is 57.1 Å². The van der Waals surface area contributed by atoms with Crippen LogP contribution in [-0.4, -0.2) is 40.0 Å². The van der Waals surface area contributed by atoms with Gasteiger partial charge in [-0.15, -0.1) is 0 Å². The maximum Gasteiger partial charge on any atom is 0.122 e. The van der Waals surface area contributed by atoms with Gasteiger partial charge in [0, 0.05) is 49.4 Å². The largest absolute Gasteiger partial charge is 0.496 e. The highest BCUT2D eigenvalue weighted by atomic mass is 16.5. The number of anilines is 1. The molecule has 2 aromatic carbocycles. The predicted octanol–water partition coefficient (Wildman–Crippen LogP) is 4.13. The summed E-state index contributed by atoms with van der Waals surface area (Å²) in [4.78, 5) is 2.14. The zero-order valence-corrected chi connectivity index (χ0v) is 19.4. The third-order valence-corrected chi connectivity index (χ3v) is 6.83. The lowest BCUT2D eigenvalue weighted by molar-refractivity contribution is -0.672. The van der Waals surface area contributed by atoms with Crippen LogP contribution in [0, 0.1) is 0 Å². The molecule has 1 aliphatic rings. The molecule has 0 saturated carbocycles. The minimum absolute atomic E-state index is 0.0683. The zero-order chi connectivity index (χ0) is 21.6. The van der Waals surface area contributed by atoms with E-state index in [2.05, 4.69) is 86.7 Å². The molecule has 0 amide bonds. The fourth-order valence-electron chi connectivity index (χ4n) is 4.81. The molecule has 1 saturated heterocycles. The summed E-state index contributed by atoms with van der Waals surface area (Å²) in [5.41, 5.74) is 3.99. The topological polar surface area (TPSA) is 38.3 Å². The first-order valence-electron chi connectivity index (χ1n) is 11.3. The van der Waals surface area contributed by atoms with Crippen molar-refractivity contribution in [1.29, 1.82) is 0 Å². The highest BCUT2D eigenvalue weighted by molar-refractivity contribution is 5.45. The van der Waals surface area contributed by atoms with E-state index in [0.29, 0.717) is 0 Å². The van der Waals surface area contributed by atoms with E-state index in [4.69, 9.17) is 9.47 Å². The molecule has 1 fully saturated rings. The van der Waals surface area contributed by atoms with E-state index < -0.39 is 0 Å². The molecule has 0 radical (unpaired) electrons. The number of rotatable bonds is 9. The summed E-state index contributed by atoms with van der Waals surface area (Å²) in [6.07, 6.45) is 4.25. The highest BCUT2D eigenvalue weighted by Gasteiger charge is 2.44. The SMILES string of the molecule is CC[C@]1(C)C[C@](CC[NH2+]Cc2ccc(N(C)C)cc2)(c2ccccc2OC)CCO1. The van der Waals surface area contributed by atoms with Gasteiger partial charge in [-0.25, -0.2) is 0 Å². The van der Waals surface area contributed by atoms with Gasteiger partial charge in [-0.1, -0.05) is 37.3 Å². The molecular formula is C26H39N2O2+. The summed E-state index contributed by atoms with van der Waals surface area (Å²) < 4.78 is 12.0. The van der Waals surface area contributed by atoms with Gasteiger partial charge in [0.15, 0.2) is 0 Å². The lowest BCUT2D eigenvalue weighted by Gasteiger charge is -2.46. The Morgan fingerprint density at radius 2 is 1.83 bits per heavy atom. The van der Waals surface area contributed by atoms with Crippen molar-refractivity contribution in [2.24, 2.45) is 0 Å². The number of para-hydroxylation sites is 1. The van der Waals surface area contributed by atoms with Crippen LogP contribution in [0.2, 0.25) is 0 Å². The molecule has 0 aliphatic carbocycles. The molecule has 4 heteroatoms. The summed E-state index contributed by atoms with van der Waals surface area (Å²) >= 11 is 0. The van der Waals surface area contributed by atoms with Crippen molar-refractivity contribution in [2.75, 3.05) is 39.3 Å². The van der Waals surface area contributed by atoms with E-state index in [-0.39, 0.29) is 11.0 Å². The Kier molecular flexibility index (Phi) is 7.43. The van der Waals surface area contributed by atoms with Crippen molar-refractivity contribution in [3.63, 3.8) is 0 Å². The van der Waals surface area contributed by atoms with Crippen LogP contribution in [0.5, 0.6) is 5.75 Å². The number of quaternary nitrogens is 1. The van der Waals surface area contributed by atoms with Gasteiger partial charge >= 0.3 is 0 Å². The van der Waals surface area contributed by atoms with E-state index in [1.165, 1.54) is 16.8 Å². The molecule has 1 aliphatic heterocycles. The van der Waals surface area contributed by atoms with Crippen LogP contribution < -0.4 is 15.0 Å². The molecule has 2 atom stereocenters. The number of methoxy groups -OCH3 is 1. The summed E-state index contributed by atoms with van der Waals surface area (Å²) in [6, 6.07) is 17.5. The summed E-state index contributed by atoms with van der Waals surface area (Å²) in [5.74, 6) is 1.01. The van der Waals surface area contributed by atoms with Crippen LogP contribution in [0.15, 0.2) is 48.5 Å². The van der Waals surface area contributed by atoms with Crippen LogP contribution in [0.1, 0.15) is 50.7 Å². The second-order valence-electron chi connectivity index (χ2n) is 9.15. The molecule has 0 spiro atoms. The minimum Gasteiger partial charge on any atom is -0.496 e. The molecule has 30 heavy (non-hydrogen) atoms. The average molecular weight is 412 g/mol. The van der Waals surface area contributed by atoms with Crippen LogP contribution in [0.3, 0.4) is 0 Å². The van der Waals surface area contributed by atoms with E-state index in [0.717, 1.165) is 51.1 Å². The molecular weight excluding hydrogens is 372 g/mol. The Morgan fingerprint density at radius 1 is 1.10 bits per heavy atom. The van der Waals surface area contributed by atoms with Crippen molar-refractivity contribution in [3.05, 3.63) is 59.7 Å². The van der Waals surface area contributed by atoms with Crippen LogP contribution >= 0.6 is 0 Å². The van der Waals surface area contributed by atoms with Gasteiger partial charge in [0.05, 0.1) is 19.3 Å². The number of nitrogens with two attached hydrogens (primary N) is 1. The maximum absolute atomic E-state index is 6.22. The van der Waals surface area contributed by atoms with Gasteiger partial charge in [0.2, 0.25) is 0 Å². The van der Waals surface area contributed by atoms with E-state index in [1.54, 1.807) is 7.11 Å². The molecule has 1 heterocycles. The normalized spacial score (nSPS) is 23.9. The van der Waals surface area contributed by atoms with Crippen molar-refractivity contribution >= 4 is 5.69 Å². The first-order valence-corrected chi connectivity index (χ1v) is 11.3. The molecule has 0 unspecified atom stereocenters. The van der Waals surface area contributed by atoms with Gasteiger partial charge in [0.1, 0.15) is 12.3 Å². The van der Waals surface area contributed by atoms with Gasteiger partial charge in [-0.2, -0.15) is 0 Å². The Bertz CT molecular complexity index is 805. The second-order valence-corrected chi connectivity index (χ2v) is 9.15. The van der Waals surface area contributed by atoms with E-state index >= 15 is 0 Å². The number of nitrogens with zero attached hydrogens (tertiary/aromatic N) is 1. The molecule has 4 nitrogen and oxygen atoms in total. The van der Waals surface area contributed by atoms with Crippen LogP contribution in [0.25, 0.3) is 0 Å². The molecule has 0 aromatic heterocycles. The Morgan fingerprint density at radius 3 is 2.50 bits per heavy atom. The van der Waals surface area contributed by atoms with Crippen LogP contribution in [-0.2, 0) is 16.7 Å². The molecule has 3 rings (SSSR count). The Balaban J connectivity index is 1.72. The number of hydrogen-bond acceptors (Lipinski definition) is 3. The average Bonchev–Trinajstić information content (AvgIpc) is 2.77. The number of ether oxygens (including phenoxy) is 2. The van der Waals surface area contributed by atoms with E-state index in [9.17, 15) is 0 Å². The fraction of sp³-hybridized carbons (Fsp3) is 0.538. The third kappa shape index (κ3) is 5.16. The van der Waals surface area contributed by atoms with Crippen molar-refractivity contribution < 1.29 is 14.8 Å². The zero-order valence-electron chi connectivity index (χ0n) is 19.4. The molecule has 2 aromatic rings. The summed E-state index contributed by atoms with van der Waals surface area (Å²) in [6.45, 7) is 7.42. The highest BCUT2D eigenvalue weighted by Crippen LogP contribution is 2.47. The smallest absolute Gasteiger partial charge is 0.122 e. The first kappa shape index (κ1) is 22.6. The molecule has 164 valence electrons. The summed E-state index contributed by atoms with van der Waals surface area (Å²) in [5, 5.41) is 2.45. The van der Waals surface area contributed by atoms with E-state index in [1.807, 2.05) is 0 Å². The third-order valence-electron chi connectivity index (χ3n) is 6.83. The Hall–Kier alpha value is -2.04. The van der Waals surface area contributed by atoms with Gasteiger partial charge in [-0.05, 0) is 44.4 Å². The van der Waals surface area contributed by atoms with Gasteiger partial charge in [-0.3, -0.25) is 0 Å². The van der Waals surface area contributed by atoms with Crippen molar-refractivity contribution in [3.8, 4) is 5.75 Å². The van der Waals surface area contributed by atoms with Gasteiger partial charge < -0.3 is 19.7 Å². The first-order chi connectivity index (χ1) is 14.4. The van der Waals surface area contributed by atoms with Crippen LogP contribution in [0.4, 0.5) is 5.69 Å². The molecule has 2 N–H and O–H groups in total. The molecule has 0 bridgehead atoms. The summed E-state index contributed by atoms with van der Waals surface area (Å²) in [7, 11) is 5.95. The fourth-order valence-corrected chi connectivity index (χ4v) is 4.81. The maximum atomic E-state index is 6.22. The minimum atomic E-state index is -0.0683. The quantitative estimate of drug-likeness (QED) is 0.631. The standard InChI is InChI=1S/C26H38N2O2/c1-6-25(2)20-26(16-18-30-25,23-9-7-8-10-24(23)29-5)15-17-27-19-21-11-13-22(14-12-21)28(3)4/h7-14,27H,6,15-20H2,1-5H3/p+1/t25-,26-/m1/s1. The monoisotopic (exact) mass is 411 g/mol. The van der Waals surface area contributed by atoms with Crippen molar-refractivity contribution in [1.82, 2.24) is 0 Å². The van der Waals surface area contributed by atoms with Gasteiger partial charge in [0.25, 0.3) is 0 Å².